The van der Waals surface area contributed by atoms with E-state index < -0.39 is 5.67 Å². The second-order valence-electron chi connectivity index (χ2n) is 4.77. The van der Waals surface area contributed by atoms with Gasteiger partial charge in [0.05, 0.1) is 0 Å². The zero-order valence-corrected chi connectivity index (χ0v) is 9.07. The topological polar surface area (TPSA) is 12.0 Å². The lowest BCUT2D eigenvalue weighted by Gasteiger charge is -2.23. The molecule has 0 aliphatic carbocycles. The van der Waals surface area contributed by atoms with E-state index in [1.54, 1.807) is 6.92 Å². The molecule has 3 atom stereocenters. The molecule has 0 aromatic rings. The third-order valence-corrected chi connectivity index (χ3v) is 3.11. The maximum absolute atomic E-state index is 13.7. The van der Waals surface area contributed by atoms with Crippen molar-refractivity contribution in [2.45, 2.75) is 45.7 Å². The second-order valence-corrected chi connectivity index (χ2v) is 4.77. The molecule has 0 spiro atoms. The fraction of sp³-hybridized carbons (Fsp3) is 1.00. The molecule has 1 rings (SSSR count). The zero-order chi connectivity index (χ0) is 9.90. The highest BCUT2D eigenvalue weighted by atomic mass is 19.1. The van der Waals surface area contributed by atoms with Gasteiger partial charge in [-0.3, -0.25) is 0 Å². The molecule has 2 heteroatoms. The molecular formula is C11H22FN. The Balaban J connectivity index is 2.52. The Labute approximate surface area is 81.1 Å². The highest BCUT2D eigenvalue weighted by Crippen LogP contribution is 2.30. The van der Waals surface area contributed by atoms with Crippen LogP contribution in [0.3, 0.4) is 0 Å². The molecule has 1 aliphatic rings. The highest BCUT2D eigenvalue weighted by molar-refractivity contribution is 4.85. The van der Waals surface area contributed by atoms with Crippen molar-refractivity contribution in [3.05, 3.63) is 0 Å². The summed E-state index contributed by atoms with van der Waals surface area (Å²) in [5.41, 5.74) is -0.998. The monoisotopic (exact) mass is 187 g/mol. The minimum atomic E-state index is -0.998. The van der Waals surface area contributed by atoms with E-state index in [0.29, 0.717) is 24.8 Å². The first kappa shape index (κ1) is 11.0. The maximum atomic E-state index is 13.7. The molecule has 1 aliphatic heterocycles. The Bertz CT molecular complexity index is 156. The van der Waals surface area contributed by atoms with Gasteiger partial charge in [-0.1, -0.05) is 20.3 Å². The van der Waals surface area contributed by atoms with E-state index in [-0.39, 0.29) is 0 Å². The van der Waals surface area contributed by atoms with Crippen LogP contribution in [-0.2, 0) is 0 Å². The van der Waals surface area contributed by atoms with E-state index in [4.69, 9.17) is 0 Å². The highest BCUT2D eigenvalue weighted by Gasteiger charge is 2.32. The van der Waals surface area contributed by atoms with Crippen LogP contribution in [-0.4, -0.2) is 18.8 Å². The zero-order valence-electron chi connectivity index (χ0n) is 9.07. The molecule has 0 radical (unpaired) electrons. The molecule has 1 fully saturated rings. The molecule has 0 saturated carbocycles. The lowest BCUT2D eigenvalue weighted by atomic mass is 9.84. The van der Waals surface area contributed by atoms with Crippen LogP contribution >= 0.6 is 0 Å². The van der Waals surface area contributed by atoms with Crippen molar-refractivity contribution >= 4 is 0 Å². The Morgan fingerprint density at radius 1 is 1.54 bits per heavy atom. The molecule has 1 N–H and O–H groups in total. The van der Waals surface area contributed by atoms with Gasteiger partial charge in [0.25, 0.3) is 0 Å². The molecule has 1 saturated heterocycles. The summed E-state index contributed by atoms with van der Waals surface area (Å²) in [5, 5.41) is 3.23. The fourth-order valence-corrected chi connectivity index (χ4v) is 2.39. The van der Waals surface area contributed by atoms with Gasteiger partial charge in [-0.25, -0.2) is 4.39 Å². The summed E-state index contributed by atoms with van der Waals surface area (Å²) in [4.78, 5) is 0. The number of alkyl halides is 1. The quantitative estimate of drug-likeness (QED) is 0.701. The van der Waals surface area contributed by atoms with Gasteiger partial charge in [0, 0.05) is 6.54 Å². The van der Waals surface area contributed by atoms with E-state index in [1.165, 1.54) is 12.8 Å². The smallest absolute Gasteiger partial charge is 0.120 e. The molecule has 3 unspecified atom stereocenters. The van der Waals surface area contributed by atoms with Gasteiger partial charge in [-0.15, -0.1) is 0 Å². The first-order valence-corrected chi connectivity index (χ1v) is 5.45. The lowest BCUT2D eigenvalue weighted by Crippen LogP contribution is -2.32. The van der Waals surface area contributed by atoms with Gasteiger partial charge in [0.15, 0.2) is 0 Å². The van der Waals surface area contributed by atoms with Crippen molar-refractivity contribution in [3.8, 4) is 0 Å². The van der Waals surface area contributed by atoms with Crippen molar-refractivity contribution in [1.29, 1.82) is 0 Å². The minimum absolute atomic E-state index is 0.518. The number of rotatable bonds is 2. The molecule has 0 aromatic carbocycles. The summed E-state index contributed by atoms with van der Waals surface area (Å²) in [6.07, 6.45) is 3.15. The molecule has 1 nitrogen and oxygen atoms in total. The van der Waals surface area contributed by atoms with Crippen molar-refractivity contribution in [1.82, 2.24) is 5.32 Å². The van der Waals surface area contributed by atoms with Gasteiger partial charge in [-0.2, -0.15) is 0 Å². The van der Waals surface area contributed by atoms with Gasteiger partial charge < -0.3 is 5.32 Å². The summed E-state index contributed by atoms with van der Waals surface area (Å²) in [6, 6.07) is 0. The van der Waals surface area contributed by atoms with Crippen LogP contribution in [0.2, 0.25) is 0 Å². The number of nitrogens with one attached hydrogen (secondary N) is 1. The largest absolute Gasteiger partial charge is 0.313 e. The maximum Gasteiger partial charge on any atom is 0.120 e. The van der Waals surface area contributed by atoms with Crippen molar-refractivity contribution < 1.29 is 4.39 Å². The SMILES string of the molecule is CCCC1CNCC(C)(F)CC1C. The second kappa shape index (κ2) is 4.41. The average molecular weight is 187 g/mol. The third kappa shape index (κ3) is 3.26. The van der Waals surface area contributed by atoms with Gasteiger partial charge >= 0.3 is 0 Å². The molecular weight excluding hydrogens is 165 g/mol. The van der Waals surface area contributed by atoms with Gasteiger partial charge in [0.1, 0.15) is 5.67 Å². The van der Waals surface area contributed by atoms with Crippen LogP contribution in [0.15, 0.2) is 0 Å². The first-order valence-electron chi connectivity index (χ1n) is 5.45. The normalized spacial score (nSPS) is 41.5. The summed E-state index contributed by atoms with van der Waals surface area (Å²) >= 11 is 0. The van der Waals surface area contributed by atoms with Crippen molar-refractivity contribution in [2.75, 3.05) is 13.1 Å². The molecule has 1 heterocycles. The molecule has 0 aromatic heterocycles. The van der Waals surface area contributed by atoms with Crippen LogP contribution in [0, 0.1) is 11.8 Å². The predicted molar refractivity (Wildman–Crippen MR) is 54.6 cm³/mol. The van der Waals surface area contributed by atoms with Crippen LogP contribution in [0.25, 0.3) is 0 Å². The third-order valence-electron chi connectivity index (χ3n) is 3.11. The Morgan fingerprint density at radius 3 is 2.85 bits per heavy atom. The molecule has 78 valence electrons. The molecule has 0 bridgehead atoms. The fourth-order valence-electron chi connectivity index (χ4n) is 2.39. The van der Waals surface area contributed by atoms with Gasteiger partial charge in [-0.05, 0) is 38.1 Å². The molecule has 0 amide bonds. The van der Waals surface area contributed by atoms with Crippen LogP contribution < -0.4 is 5.32 Å². The Kier molecular flexibility index (Phi) is 3.72. The van der Waals surface area contributed by atoms with E-state index in [2.05, 4.69) is 19.2 Å². The lowest BCUT2D eigenvalue weighted by molar-refractivity contribution is 0.151. The van der Waals surface area contributed by atoms with Crippen LogP contribution in [0.4, 0.5) is 4.39 Å². The summed E-state index contributed by atoms with van der Waals surface area (Å²) in [5.74, 6) is 1.19. The van der Waals surface area contributed by atoms with E-state index in [9.17, 15) is 4.39 Å². The standard InChI is InChI=1S/C11H22FN/c1-4-5-10-7-13-8-11(3,12)6-9(10)2/h9-10,13H,4-8H2,1-3H3. The van der Waals surface area contributed by atoms with E-state index in [1.807, 2.05) is 0 Å². The number of halogens is 1. The molecule has 13 heavy (non-hydrogen) atoms. The summed E-state index contributed by atoms with van der Waals surface area (Å²) in [6.45, 7) is 7.62. The van der Waals surface area contributed by atoms with Gasteiger partial charge in [0.2, 0.25) is 0 Å². The summed E-state index contributed by atoms with van der Waals surface area (Å²) < 4.78 is 13.7. The minimum Gasteiger partial charge on any atom is -0.313 e. The van der Waals surface area contributed by atoms with Crippen molar-refractivity contribution in [2.24, 2.45) is 11.8 Å². The Hall–Kier alpha value is -0.110. The first-order chi connectivity index (χ1) is 6.05. The predicted octanol–water partition coefficient (Wildman–Crippen LogP) is 2.76. The number of hydrogen-bond donors (Lipinski definition) is 1. The average Bonchev–Trinajstić information content (AvgIpc) is 2.11. The van der Waals surface area contributed by atoms with E-state index >= 15 is 0 Å². The Morgan fingerprint density at radius 2 is 2.23 bits per heavy atom. The van der Waals surface area contributed by atoms with E-state index in [0.717, 1.165) is 6.54 Å². The number of hydrogen-bond acceptors (Lipinski definition) is 1. The van der Waals surface area contributed by atoms with Crippen LogP contribution in [0.5, 0.6) is 0 Å². The van der Waals surface area contributed by atoms with Crippen molar-refractivity contribution in [3.63, 3.8) is 0 Å². The van der Waals surface area contributed by atoms with Crippen LogP contribution in [0.1, 0.15) is 40.0 Å². The summed E-state index contributed by atoms with van der Waals surface area (Å²) in [7, 11) is 0.